The fraction of sp³-hybridized carbons (Fsp3) is 0.417. The van der Waals surface area contributed by atoms with Crippen LogP contribution in [0.2, 0.25) is 0 Å². The van der Waals surface area contributed by atoms with Gasteiger partial charge in [0.1, 0.15) is 12.4 Å². The van der Waals surface area contributed by atoms with Crippen LogP contribution in [-0.4, -0.2) is 28.7 Å². The van der Waals surface area contributed by atoms with Crippen molar-refractivity contribution in [1.82, 2.24) is 4.90 Å². The normalized spacial score (nSPS) is 27.3. The molecule has 3 nitrogen and oxygen atoms in total. The van der Waals surface area contributed by atoms with Crippen molar-refractivity contribution in [2.75, 3.05) is 6.61 Å². The molecule has 0 saturated carbocycles. The number of fused-ring (bicyclic) bond motifs is 2. The van der Waals surface area contributed by atoms with E-state index in [1.165, 1.54) is 11.1 Å². The Kier molecular flexibility index (Phi) is 4.95. The molecule has 2 saturated heterocycles. The van der Waals surface area contributed by atoms with Crippen LogP contribution in [0.15, 0.2) is 48.5 Å². The van der Waals surface area contributed by atoms with Gasteiger partial charge in [-0.1, -0.05) is 53.9 Å². The molecule has 140 valence electrons. The smallest absolute Gasteiger partial charge is 0.148 e. The van der Waals surface area contributed by atoms with Gasteiger partial charge in [0.05, 0.1) is 5.60 Å². The van der Waals surface area contributed by atoms with Gasteiger partial charge in [-0.25, -0.2) is 0 Å². The first-order chi connectivity index (χ1) is 13.1. The molecule has 2 aliphatic heterocycles. The van der Waals surface area contributed by atoms with Crippen LogP contribution in [0.3, 0.4) is 0 Å². The molecule has 2 aromatic carbocycles. The number of rotatable bonds is 5. The number of aryl methyl sites for hydroxylation is 1. The summed E-state index contributed by atoms with van der Waals surface area (Å²) >= 11 is 0. The summed E-state index contributed by atoms with van der Waals surface area (Å²) in [5, 5.41) is 11.4. The average molecular weight is 361 g/mol. The van der Waals surface area contributed by atoms with Gasteiger partial charge in [-0.15, -0.1) is 6.42 Å². The maximum Gasteiger partial charge on any atom is 0.148 e. The van der Waals surface area contributed by atoms with E-state index < -0.39 is 5.60 Å². The molecule has 4 rings (SSSR count). The quantitative estimate of drug-likeness (QED) is 0.817. The van der Waals surface area contributed by atoms with Crippen molar-refractivity contribution in [3.05, 3.63) is 65.2 Å². The Bertz CT molecular complexity index is 822. The Hall–Kier alpha value is -2.28. The van der Waals surface area contributed by atoms with Gasteiger partial charge >= 0.3 is 0 Å². The number of benzene rings is 2. The summed E-state index contributed by atoms with van der Waals surface area (Å²) in [6, 6.07) is 17.3. The summed E-state index contributed by atoms with van der Waals surface area (Å²) in [6.07, 6.45) is 9.22. The van der Waals surface area contributed by atoms with E-state index in [4.69, 9.17) is 11.2 Å². The first kappa shape index (κ1) is 18.1. The van der Waals surface area contributed by atoms with E-state index in [1.807, 2.05) is 18.2 Å². The van der Waals surface area contributed by atoms with Crippen molar-refractivity contribution >= 4 is 0 Å². The van der Waals surface area contributed by atoms with Gasteiger partial charge in [0.15, 0.2) is 0 Å². The lowest BCUT2D eigenvalue weighted by Crippen LogP contribution is -2.49. The van der Waals surface area contributed by atoms with Crippen molar-refractivity contribution in [2.24, 2.45) is 0 Å². The van der Waals surface area contributed by atoms with Crippen molar-refractivity contribution < 1.29 is 9.84 Å². The van der Waals surface area contributed by atoms with Crippen LogP contribution in [0.4, 0.5) is 0 Å². The Morgan fingerprint density at radius 2 is 1.78 bits per heavy atom. The van der Waals surface area contributed by atoms with Gasteiger partial charge in [0.25, 0.3) is 0 Å². The van der Waals surface area contributed by atoms with Crippen LogP contribution < -0.4 is 4.74 Å². The molecule has 0 aromatic heterocycles. The highest BCUT2D eigenvalue weighted by atomic mass is 16.5. The molecule has 27 heavy (non-hydrogen) atoms. The van der Waals surface area contributed by atoms with Gasteiger partial charge in [0, 0.05) is 24.2 Å². The third-order valence-electron chi connectivity index (χ3n) is 6.14. The molecule has 2 atom stereocenters. The zero-order valence-electron chi connectivity index (χ0n) is 15.9. The van der Waals surface area contributed by atoms with Gasteiger partial charge in [-0.2, -0.15) is 0 Å². The number of hydrogen-bond acceptors (Lipinski definition) is 3. The van der Waals surface area contributed by atoms with Crippen LogP contribution in [0.1, 0.15) is 42.4 Å². The fourth-order valence-corrected chi connectivity index (χ4v) is 4.77. The second kappa shape index (κ2) is 7.38. The summed E-state index contributed by atoms with van der Waals surface area (Å²) in [5.74, 6) is 3.41. The van der Waals surface area contributed by atoms with Crippen LogP contribution in [0, 0.1) is 19.3 Å². The zero-order valence-corrected chi connectivity index (χ0v) is 15.9. The summed E-state index contributed by atoms with van der Waals surface area (Å²) < 4.78 is 5.73. The summed E-state index contributed by atoms with van der Waals surface area (Å²) in [4.78, 5) is 2.56. The molecule has 1 N–H and O–H groups in total. The lowest BCUT2D eigenvalue weighted by atomic mass is 9.80. The molecular weight excluding hydrogens is 334 g/mol. The molecule has 2 fully saturated rings. The molecular formula is C24H27NO2. The van der Waals surface area contributed by atoms with E-state index in [9.17, 15) is 5.11 Å². The first-order valence-corrected chi connectivity index (χ1v) is 9.78. The van der Waals surface area contributed by atoms with E-state index in [0.717, 1.165) is 43.5 Å². The molecule has 0 radical (unpaired) electrons. The minimum Gasteiger partial charge on any atom is -0.481 e. The van der Waals surface area contributed by atoms with Gasteiger partial charge in [-0.05, 0) is 44.2 Å². The van der Waals surface area contributed by atoms with E-state index in [1.54, 1.807) is 0 Å². The second-order valence-electron chi connectivity index (χ2n) is 7.96. The minimum atomic E-state index is -0.713. The Morgan fingerprint density at radius 3 is 2.44 bits per heavy atom. The summed E-state index contributed by atoms with van der Waals surface area (Å²) in [5.41, 5.74) is 2.74. The highest BCUT2D eigenvalue weighted by molar-refractivity contribution is 5.34. The van der Waals surface area contributed by atoms with Crippen molar-refractivity contribution in [3.8, 4) is 18.1 Å². The summed E-state index contributed by atoms with van der Waals surface area (Å²) in [7, 11) is 0. The van der Waals surface area contributed by atoms with E-state index >= 15 is 0 Å². The van der Waals surface area contributed by atoms with Crippen molar-refractivity contribution in [1.29, 1.82) is 0 Å². The fourth-order valence-electron chi connectivity index (χ4n) is 4.77. The maximum absolute atomic E-state index is 11.4. The minimum absolute atomic E-state index is 0.289. The molecule has 0 amide bonds. The lowest BCUT2D eigenvalue weighted by molar-refractivity contribution is -0.0596. The number of piperidine rings is 1. The first-order valence-electron chi connectivity index (χ1n) is 9.78. The van der Waals surface area contributed by atoms with Gasteiger partial charge in [-0.3, -0.25) is 4.90 Å². The lowest BCUT2D eigenvalue weighted by Gasteiger charge is -2.44. The van der Waals surface area contributed by atoms with Crippen LogP contribution >= 0.6 is 0 Å². The SMILES string of the molecule is C#CCOc1ccccc1CN1[C@@H]2CC[C@@H]1CC(O)(c1ccc(C)cc1)C2. The molecule has 2 heterocycles. The Balaban J connectivity index is 1.52. The number of para-hydroxylation sites is 1. The molecule has 0 unspecified atom stereocenters. The largest absolute Gasteiger partial charge is 0.481 e. The van der Waals surface area contributed by atoms with Crippen LogP contribution in [-0.2, 0) is 12.1 Å². The molecule has 3 heteroatoms. The van der Waals surface area contributed by atoms with Crippen LogP contribution in [0.25, 0.3) is 0 Å². The number of ether oxygens (including phenoxy) is 1. The zero-order chi connectivity index (χ0) is 18.9. The van der Waals surface area contributed by atoms with Gasteiger partial charge < -0.3 is 9.84 Å². The Labute approximate surface area is 162 Å². The van der Waals surface area contributed by atoms with E-state index in [-0.39, 0.29) is 6.61 Å². The average Bonchev–Trinajstić information content (AvgIpc) is 2.91. The second-order valence-corrected chi connectivity index (χ2v) is 7.96. The molecule has 0 aliphatic carbocycles. The van der Waals surface area contributed by atoms with Gasteiger partial charge in [0.2, 0.25) is 0 Å². The monoisotopic (exact) mass is 361 g/mol. The molecule has 0 spiro atoms. The number of aliphatic hydroxyl groups is 1. The standard InChI is InChI=1S/C24H27NO2/c1-3-14-27-23-7-5-4-6-19(23)17-25-21-12-13-22(25)16-24(26,15-21)20-10-8-18(2)9-11-20/h1,4-11,21-22,26H,12-17H2,2H3/t21-,22-/m1/s1. The maximum atomic E-state index is 11.4. The third-order valence-corrected chi connectivity index (χ3v) is 6.14. The highest BCUT2D eigenvalue weighted by Gasteiger charge is 2.48. The molecule has 2 aliphatic rings. The molecule has 2 bridgehead atoms. The number of nitrogens with zero attached hydrogens (tertiary/aromatic N) is 1. The van der Waals surface area contributed by atoms with Crippen LogP contribution in [0.5, 0.6) is 5.75 Å². The molecule has 2 aromatic rings. The van der Waals surface area contributed by atoms with Crippen molar-refractivity contribution in [2.45, 2.75) is 56.8 Å². The summed E-state index contributed by atoms with van der Waals surface area (Å²) in [6.45, 7) is 3.22. The predicted molar refractivity (Wildman–Crippen MR) is 107 cm³/mol. The number of terminal acetylenes is 1. The number of hydrogen-bond donors (Lipinski definition) is 1. The topological polar surface area (TPSA) is 32.7 Å². The Morgan fingerprint density at radius 1 is 1.11 bits per heavy atom. The van der Waals surface area contributed by atoms with E-state index in [2.05, 4.69) is 48.1 Å². The van der Waals surface area contributed by atoms with Crippen molar-refractivity contribution in [3.63, 3.8) is 0 Å². The predicted octanol–water partition coefficient (Wildman–Crippen LogP) is 4.02. The van der Waals surface area contributed by atoms with E-state index in [0.29, 0.717) is 12.1 Å². The third kappa shape index (κ3) is 3.60. The highest BCUT2D eigenvalue weighted by Crippen LogP contribution is 2.46.